The number of likely N-dealkylation sites (tertiary alicyclic amines) is 1. The fourth-order valence-electron chi connectivity index (χ4n) is 4.30. The molecule has 2 aromatic carbocycles. The average molecular weight is 432 g/mol. The first-order valence-electron chi connectivity index (χ1n) is 11.5. The molecule has 3 aromatic rings. The van der Waals surface area contributed by atoms with Crippen molar-refractivity contribution in [1.82, 2.24) is 14.8 Å². The lowest BCUT2D eigenvalue weighted by Crippen LogP contribution is -2.26. The molecule has 1 amide bonds. The van der Waals surface area contributed by atoms with Crippen molar-refractivity contribution in [3.05, 3.63) is 70.1 Å². The van der Waals surface area contributed by atoms with Crippen molar-refractivity contribution < 1.29 is 9.53 Å². The number of fused-ring (bicyclic) bond motifs is 1. The summed E-state index contributed by atoms with van der Waals surface area (Å²) < 4.78 is 7.58. The van der Waals surface area contributed by atoms with E-state index in [-0.39, 0.29) is 11.5 Å². The minimum atomic E-state index is -0.115. The van der Waals surface area contributed by atoms with E-state index in [4.69, 9.17) is 4.74 Å². The van der Waals surface area contributed by atoms with Crippen molar-refractivity contribution >= 4 is 16.7 Å². The zero-order chi connectivity index (χ0) is 22.1. The van der Waals surface area contributed by atoms with Crippen LogP contribution in [-0.2, 0) is 0 Å². The van der Waals surface area contributed by atoms with Crippen molar-refractivity contribution in [2.24, 2.45) is 0 Å². The monoisotopic (exact) mass is 431 g/mol. The van der Waals surface area contributed by atoms with Gasteiger partial charge < -0.3 is 10.1 Å². The number of hydrogen-bond donors (Lipinski definition) is 1. The second kappa shape index (κ2) is 8.79. The third-order valence-electron chi connectivity index (χ3n) is 6.40. The first-order valence-corrected chi connectivity index (χ1v) is 11.5. The van der Waals surface area contributed by atoms with Gasteiger partial charge in [-0.05, 0) is 87.0 Å². The molecule has 1 N–H and O–H groups in total. The number of benzene rings is 2. The lowest BCUT2D eigenvalue weighted by Gasteiger charge is -2.15. The lowest BCUT2D eigenvalue weighted by atomic mass is 10.1. The van der Waals surface area contributed by atoms with Crippen LogP contribution in [0.15, 0.2) is 53.5 Å². The third kappa shape index (κ3) is 4.41. The number of amides is 1. The first kappa shape index (κ1) is 20.8. The Labute approximate surface area is 187 Å². The molecule has 0 atom stereocenters. The van der Waals surface area contributed by atoms with E-state index in [1.807, 2.05) is 43.3 Å². The van der Waals surface area contributed by atoms with E-state index in [0.717, 1.165) is 49.1 Å². The third-order valence-corrected chi connectivity index (χ3v) is 6.40. The van der Waals surface area contributed by atoms with Crippen LogP contribution in [-0.4, -0.2) is 47.7 Å². The van der Waals surface area contributed by atoms with Gasteiger partial charge in [-0.2, -0.15) is 0 Å². The predicted molar refractivity (Wildman–Crippen MR) is 126 cm³/mol. The van der Waals surface area contributed by atoms with Gasteiger partial charge in [-0.25, -0.2) is 0 Å². The number of hydrogen-bond acceptors (Lipinski definition) is 4. The maximum atomic E-state index is 13.4. The van der Waals surface area contributed by atoms with Crippen molar-refractivity contribution in [2.45, 2.75) is 38.6 Å². The topological polar surface area (TPSA) is 63.6 Å². The Hall–Kier alpha value is -3.12. The van der Waals surface area contributed by atoms with Crippen LogP contribution in [0, 0.1) is 6.92 Å². The van der Waals surface area contributed by atoms with Gasteiger partial charge >= 0.3 is 0 Å². The van der Waals surface area contributed by atoms with Gasteiger partial charge in [0.05, 0.1) is 11.1 Å². The number of carbonyl (C=O) groups excluding carboxylic acids is 1. The van der Waals surface area contributed by atoms with Crippen molar-refractivity contribution in [1.29, 1.82) is 0 Å². The molecule has 6 nitrogen and oxygen atoms in total. The summed E-state index contributed by atoms with van der Waals surface area (Å²) in [4.78, 5) is 28.3. The molecule has 1 aliphatic heterocycles. The minimum Gasteiger partial charge on any atom is -0.492 e. The minimum absolute atomic E-state index is 0.0868. The van der Waals surface area contributed by atoms with Gasteiger partial charge in [0.15, 0.2) is 0 Å². The summed E-state index contributed by atoms with van der Waals surface area (Å²) in [5, 5.41) is 4.50. The van der Waals surface area contributed by atoms with Crippen molar-refractivity contribution in [3.8, 4) is 11.4 Å². The molecule has 1 saturated heterocycles. The SMILES string of the molecule is Cc1ccc(C(=O)NC2CC2)cc1-n1ccc2ccc(OCCN3CCCC3)cc2c1=O. The lowest BCUT2D eigenvalue weighted by molar-refractivity contribution is 0.0951. The second-order valence-electron chi connectivity index (χ2n) is 8.89. The average Bonchev–Trinajstić information content (AvgIpc) is 3.46. The first-order chi connectivity index (χ1) is 15.6. The highest BCUT2D eigenvalue weighted by molar-refractivity contribution is 5.95. The van der Waals surface area contributed by atoms with Crippen LogP contribution >= 0.6 is 0 Å². The number of pyridine rings is 1. The number of ether oxygens (including phenoxy) is 1. The molecule has 6 heteroatoms. The van der Waals surface area contributed by atoms with Gasteiger partial charge in [0.2, 0.25) is 0 Å². The summed E-state index contributed by atoms with van der Waals surface area (Å²) >= 11 is 0. The highest BCUT2D eigenvalue weighted by Crippen LogP contribution is 2.22. The van der Waals surface area contributed by atoms with Crippen LogP contribution in [0.2, 0.25) is 0 Å². The number of nitrogens with one attached hydrogen (secondary N) is 1. The van der Waals surface area contributed by atoms with Gasteiger partial charge in [-0.1, -0.05) is 12.1 Å². The summed E-state index contributed by atoms with van der Waals surface area (Å²) in [6, 6.07) is 13.4. The Kier molecular flexibility index (Phi) is 5.70. The Morgan fingerprint density at radius 2 is 1.91 bits per heavy atom. The van der Waals surface area contributed by atoms with Crippen LogP contribution in [0.4, 0.5) is 0 Å². The van der Waals surface area contributed by atoms with Gasteiger partial charge in [0.1, 0.15) is 12.4 Å². The molecule has 1 aliphatic carbocycles. The van der Waals surface area contributed by atoms with Crippen molar-refractivity contribution in [2.75, 3.05) is 26.2 Å². The molecule has 1 aromatic heterocycles. The smallest absolute Gasteiger partial charge is 0.263 e. The normalized spacial score (nSPS) is 16.4. The van der Waals surface area contributed by atoms with Gasteiger partial charge in [-0.15, -0.1) is 0 Å². The predicted octanol–water partition coefficient (Wildman–Crippen LogP) is 3.67. The molecule has 2 aliphatic rings. The quantitative estimate of drug-likeness (QED) is 0.620. The fourth-order valence-corrected chi connectivity index (χ4v) is 4.30. The molecule has 5 rings (SSSR count). The van der Waals surface area contributed by atoms with E-state index < -0.39 is 0 Å². The maximum absolute atomic E-state index is 13.4. The summed E-state index contributed by atoms with van der Waals surface area (Å²) in [5.41, 5.74) is 2.12. The molecule has 0 radical (unpaired) electrons. The summed E-state index contributed by atoms with van der Waals surface area (Å²) in [6.07, 6.45) is 6.38. The highest BCUT2D eigenvalue weighted by atomic mass is 16.5. The highest BCUT2D eigenvalue weighted by Gasteiger charge is 2.24. The number of nitrogens with zero attached hydrogens (tertiary/aromatic N) is 2. The molecular weight excluding hydrogens is 402 g/mol. The molecular formula is C26H29N3O3. The molecule has 0 bridgehead atoms. The summed E-state index contributed by atoms with van der Waals surface area (Å²) in [5.74, 6) is 0.622. The van der Waals surface area contributed by atoms with E-state index >= 15 is 0 Å². The summed E-state index contributed by atoms with van der Waals surface area (Å²) in [6.45, 7) is 5.76. The van der Waals surface area contributed by atoms with E-state index in [0.29, 0.717) is 29.3 Å². The Bertz CT molecular complexity index is 1210. The van der Waals surface area contributed by atoms with Gasteiger partial charge in [0, 0.05) is 24.3 Å². The fraction of sp³-hybridized carbons (Fsp3) is 0.385. The number of aryl methyl sites for hydroxylation is 1. The van der Waals surface area contributed by atoms with Crippen LogP contribution in [0.1, 0.15) is 41.6 Å². The molecule has 2 heterocycles. The maximum Gasteiger partial charge on any atom is 0.263 e. The standard InChI is InChI=1S/C26H29N3O3/c1-18-4-5-20(25(30)27-21-7-8-21)16-24(18)29-13-10-19-6-9-22(17-23(19)26(29)31)32-15-14-28-11-2-3-12-28/h4-6,9-10,13,16-17,21H,2-3,7-8,11-12,14-15H2,1H3,(H,27,30). The molecule has 2 fully saturated rings. The van der Waals surface area contributed by atoms with Gasteiger partial charge in [-0.3, -0.25) is 19.1 Å². The van der Waals surface area contributed by atoms with Crippen LogP contribution in [0.25, 0.3) is 16.5 Å². The van der Waals surface area contributed by atoms with E-state index in [1.54, 1.807) is 16.8 Å². The molecule has 1 saturated carbocycles. The zero-order valence-corrected chi connectivity index (χ0v) is 18.5. The molecule has 0 unspecified atom stereocenters. The number of carbonyl (C=O) groups is 1. The van der Waals surface area contributed by atoms with Crippen LogP contribution < -0.4 is 15.6 Å². The van der Waals surface area contributed by atoms with Crippen molar-refractivity contribution in [3.63, 3.8) is 0 Å². The van der Waals surface area contributed by atoms with Crippen LogP contribution in [0.5, 0.6) is 5.75 Å². The second-order valence-corrected chi connectivity index (χ2v) is 8.89. The molecule has 32 heavy (non-hydrogen) atoms. The zero-order valence-electron chi connectivity index (χ0n) is 18.5. The Morgan fingerprint density at radius 1 is 1.09 bits per heavy atom. The van der Waals surface area contributed by atoms with E-state index in [9.17, 15) is 9.59 Å². The van der Waals surface area contributed by atoms with Crippen LogP contribution in [0.3, 0.4) is 0 Å². The number of aromatic nitrogens is 1. The Balaban J connectivity index is 1.42. The molecule has 0 spiro atoms. The van der Waals surface area contributed by atoms with Gasteiger partial charge in [0.25, 0.3) is 11.5 Å². The Morgan fingerprint density at radius 3 is 2.69 bits per heavy atom. The van der Waals surface area contributed by atoms with E-state index in [2.05, 4.69) is 10.2 Å². The molecule has 166 valence electrons. The van der Waals surface area contributed by atoms with E-state index in [1.165, 1.54) is 12.8 Å². The largest absolute Gasteiger partial charge is 0.492 e. The number of rotatable bonds is 7. The summed E-state index contributed by atoms with van der Waals surface area (Å²) in [7, 11) is 0.